The van der Waals surface area contributed by atoms with Crippen molar-refractivity contribution in [3.05, 3.63) is 53.1 Å². The molecule has 4 heteroatoms. The molecule has 1 aliphatic heterocycles. The lowest BCUT2D eigenvalue weighted by molar-refractivity contribution is 0.0697. The summed E-state index contributed by atoms with van der Waals surface area (Å²) in [4.78, 5) is 11.6. The van der Waals surface area contributed by atoms with Crippen molar-refractivity contribution in [1.82, 2.24) is 4.57 Å². The molecule has 0 bridgehead atoms. The number of benzene rings is 2. The Labute approximate surface area is 164 Å². The highest BCUT2D eigenvalue weighted by Gasteiger charge is 2.29. The number of hydrogen-bond acceptors (Lipinski definition) is 2. The number of phenolic OH excluding ortho intramolecular Hbond substituents is 1. The Morgan fingerprint density at radius 2 is 1.82 bits per heavy atom. The number of carboxylic acid groups (broad SMARTS) is 1. The fourth-order valence-corrected chi connectivity index (χ4v) is 5.28. The van der Waals surface area contributed by atoms with E-state index in [0.29, 0.717) is 17.2 Å². The molecule has 28 heavy (non-hydrogen) atoms. The third-order valence-electron chi connectivity index (χ3n) is 6.54. The van der Waals surface area contributed by atoms with Crippen LogP contribution in [0.5, 0.6) is 5.75 Å². The molecule has 0 atom stereocenters. The second-order valence-electron chi connectivity index (χ2n) is 8.23. The van der Waals surface area contributed by atoms with E-state index in [2.05, 4.69) is 4.57 Å². The molecule has 2 heterocycles. The monoisotopic (exact) mass is 375 g/mol. The minimum atomic E-state index is -0.879. The number of aromatic hydroxyl groups is 1. The van der Waals surface area contributed by atoms with Crippen molar-refractivity contribution in [3.63, 3.8) is 0 Å². The molecular formula is C24H25NO3. The first-order valence-electron chi connectivity index (χ1n) is 10.3. The van der Waals surface area contributed by atoms with Crippen LogP contribution in [-0.2, 0) is 13.0 Å². The standard InChI is InChI=1S/C24H25NO3/c26-18-9-11-19-16(13-18)7-4-12-25-21-14-17(24(27)28)8-10-20(21)22(23(19)25)15-5-2-1-3-6-15/h8-11,13-15,26H,1-7,12H2,(H,27,28). The van der Waals surface area contributed by atoms with Crippen LogP contribution >= 0.6 is 0 Å². The minimum absolute atomic E-state index is 0.315. The lowest BCUT2D eigenvalue weighted by Crippen LogP contribution is -2.06. The molecule has 1 fully saturated rings. The van der Waals surface area contributed by atoms with Crippen LogP contribution in [0.1, 0.15) is 65.9 Å². The van der Waals surface area contributed by atoms with Gasteiger partial charge in [-0.2, -0.15) is 0 Å². The Morgan fingerprint density at radius 3 is 2.61 bits per heavy atom. The maximum atomic E-state index is 11.6. The van der Waals surface area contributed by atoms with Gasteiger partial charge in [0, 0.05) is 23.0 Å². The number of phenols is 1. The van der Waals surface area contributed by atoms with Crippen LogP contribution in [0.2, 0.25) is 0 Å². The quantitative estimate of drug-likeness (QED) is 0.603. The summed E-state index contributed by atoms with van der Waals surface area (Å²) in [7, 11) is 0. The minimum Gasteiger partial charge on any atom is -0.508 e. The van der Waals surface area contributed by atoms with Crippen molar-refractivity contribution in [2.24, 2.45) is 0 Å². The van der Waals surface area contributed by atoms with Gasteiger partial charge >= 0.3 is 5.97 Å². The van der Waals surface area contributed by atoms with E-state index >= 15 is 0 Å². The summed E-state index contributed by atoms with van der Waals surface area (Å²) >= 11 is 0. The zero-order valence-corrected chi connectivity index (χ0v) is 15.9. The summed E-state index contributed by atoms with van der Waals surface area (Å²) in [5.74, 6) is -0.0470. The van der Waals surface area contributed by atoms with Crippen LogP contribution < -0.4 is 0 Å². The molecule has 3 aromatic rings. The molecule has 0 radical (unpaired) electrons. The van der Waals surface area contributed by atoms with Crippen molar-refractivity contribution in [2.45, 2.75) is 57.4 Å². The second-order valence-corrected chi connectivity index (χ2v) is 8.23. The molecule has 2 N–H and O–H groups in total. The van der Waals surface area contributed by atoms with Gasteiger partial charge in [0.05, 0.1) is 11.3 Å². The molecule has 4 nitrogen and oxygen atoms in total. The fourth-order valence-electron chi connectivity index (χ4n) is 5.28. The molecular weight excluding hydrogens is 350 g/mol. The Balaban J connectivity index is 1.84. The van der Waals surface area contributed by atoms with Gasteiger partial charge in [-0.25, -0.2) is 4.79 Å². The first-order valence-corrected chi connectivity index (χ1v) is 10.3. The highest BCUT2D eigenvalue weighted by Crippen LogP contribution is 2.46. The maximum Gasteiger partial charge on any atom is 0.335 e. The summed E-state index contributed by atoms with van der Waals surface area (Å²) in [6.45, 7) is 0.872. The molecule has 0 unspecified atom stereocenters. The first-order chi connectivity index (χ1) is 13.6. The lowest BCUT2D eigenvalue weighted by Gasteiger charge is -2.24. The van der Waals surface area contributed by atoms with Gasteiger partial charge in [0.25, 0.3) is 0 Å². The summed E-state index contributed by atoms with van der Waals surface area (Å²) in [5.41, 5.74) is 6.41. The predicted octanol–water partition coefficient (Wildman–Crippen LogP) is 5.71. The highest BCUT2D eigenvalue weighted by molar-refractivity contribution is 5.98. The number of fused-ring (bicyclic) bond motifs is 5. The van der Waals surface area contributed by atoms with E-state index in [4.69, 9.17) is 0 Å². The number of hydrogen-bond donors (Lipinski definition) is 2. The summed E-state index contributed by atoms with van der Waals surface area (Å²) in [6.07, 6.45) is 8.11. The molecule has 0 saturated heterocycles. The normalized spacial score (nSPS) is 17.1. The average Bonchev–Trinajstić information content (AvgIpc) is 2.90. The Bertz CT molecular complexity index is 1070. The van der Waals surface area contributed by atoms with E-state index in [9.17, 15) is 15.0 Å². The van der Waals surface area contributed by atoms with Gasteiger partial charge in [-0.3, -0.25) is 0 Å². The van der Waals surface area contributed by atoms with Gasteiger partial charge in [0.15, 0.2) is 0 Å². The lowest BCUT2D eigenvalue weighted by atomic mass is 9.81. The Kier molecular flexibility index (Phi) is 4.15. The summed E-state index contributed by atoms with van der Waals surface area (Å²) in [6, 6.07) is 11.3. The van der Waals surface area contributed by atoms with Gasteiger partial charge in [-0.15, -0.1) is 0 Å². The fraction of sp³-hybridized carbons (Fsp3) is 0.375. The second kappa shape index (κ2) is 6.69. The van der Waals surface area contributed by atoms with E-state index < -0.39 is 5.97 Å². The number of nitrogens with zero attached hydrogens (tertiary/aromatic N) is 1. The van der Waals surface area contributed by atoms with E-state index in [0.717, 1.165) is 24.9 Å². The van der Waals surface area contributed by atoms with Crippen molar-refractivity contribution in [2.75, 3.05) is 0 Å². The van der Waals surface area contributed by atoms with E-state index in [1.807, 2.05) is 24.3 Å². The third-order valence-corrected chi connectivity index (χ3v) is 6.54. The molecule has 5 rings (SSSR count). The van der Waals surface area contributed by atoms with E-state index in [1.165, 1.54) is 59.9 Å². The number of rotatable bonds is 2. The maximum absolute atomic E-state index is 11.6. The molecule has 2 aromatic carbocycles. The largest absolute Gasteiger partial charge is 0.508 e. The van der Waals surface area contributed by atoms with Gasteiger partial charge in [0.1, 0.15) is 5.75 Å². The van der Waals surface area contributed by atoms with Crippen molar-refractivity contribution >= 4 is 16.9 Å². The number of aryl methyl sites for hydroxylation is 2. The van der Waals surface area contributed by atoms with Crippen LogP contribution in [0.25, 0.3) is 22.2 Å². The first kappa shape index (κ1) is 17.4. The van der Waals surface area contributed by atoms with Crippen LogP contribution in [0.15, 0.2) is 36.4 Å². The third kappa shape index (κ3) is 2.70. The summed E-state index contributed by atoms with van der Waals surface area (Å²) < 4.78 is 2.34. The van der Waals surface area contributed by atoms with Gasteiger partial charge in [-0.1, -0.05) is 25.3 Å². The number of carbonyl (C=O) groups is 1. The van der Waals surface area contributed by atoms with E-state index in [-0.39, 0.29) is 0 Å². The molecule has 1 aliphatic carbocycles. The smallest absolute Gasteiger partial charge is 0.335 e. The molecule has 144 valence electrons. The van der Waals surface area contributed by atoms with Crippen molar-refractivity contribution < 1.29 is 15.0 Å². The highest BCUT2D eigenvalue weighted by atomic mass is 16.4. The van der Waals surface area contributed by atoms with Gasteiger partial charge in [-0.05, 0) is 73.1 Å². The van der Waals surface area contributed by atoms with Crippen LogP contribution in [0.4, 0.5) is 0 Å². The van der Waals surface area contributed by atoms with Crippen LogP contribution in [-0.4, -0.2) is 20.7 Å². The molecule has 1 aromatic heterocycles. The molecule has 0 amide bonds. The van der Waals surface area contributed by atoms with E-state index in [1.54, 1.807) is 12.1 Å². The zero-order valence-electron chi connectivity index (χ0n) is 15.9. The zero-order chi connectivity index (χ0) is 19.3. The Hall–Kier alpha value is -2.75. The average molecular weight is 375 g/mol. The summed E-state index contributed by atoms with van der Waals surface area (Å²) in [5, 5.41) is 20.7. The number of carboxylic acids is 1. The SMILES string of the molecule is O=C(O)c1ccc2c(C3CCCCC3)c3n(c2c1)CCCc1cc(O)ccc1-3. The van der Waals surface area contributed by atoms with Gasteiger partial charge in [0.2, 0.25) is 0 Å². The predicted molar refractivity (Wildman–Crippen MR) is 110 cm³/mol. The van der Waals surface area contributed by atoms with Crippen LogP contribution in [0, 0.1) is 0 Å². The number of aromatic carboxylic acids is 1. The van der Waals surface area contributed by atoms with Crippen LogP contribution in [0.3, 0.4) is 0 Å². The molecule has 2 aliphatic rings. The van der Waals surface area contributed by atoms with Gasteiger partial charge < -0.3 is 14.8 Å². The molecule has 0 spiro atoms. The topological polar surface area (TPSA) is 62.5 Å². The molecule has 1 saturated carbocycles. The van der Waals surface area contributed by atoms with Crippen molar-refractivity contribution in [3.8, 4) is 17.0 Å². The number of aromatic nitrogens is 1. The van der Waals surface area contributed by atoms with Crippen molar-refractivity contribution in [1.29, 1.82) is 0 Å². The Morgan fingerprint density at radius 1 is 1.00 bits per heavy atom.